The van der Waals surface area contributed by atoms with Gasteiger partial charge < -0.3 is 20.0 Å². The van der Waals surface area contributed by atoms with Gasteiger partial charge in [-0.05, 0) is 77.1 Å². The maximum atomic E-state index is 14.9. The maximum absolute atomic E-state index is 14.9. The molecule has 0 saturated carbocycles. The van der Waals surface area contributed by atoms with Crippen molar-refractivity contribution in [3.8, 4) is 0 Å². The van der Waals surface area contributed by atoms with Gasteiger partial charge in [0.1, 0.15) is 0 Å². The first kappa shape index (κ1) is 30.5. The summed E-state index contributed by atoms with van der Waals surface area (Å²) in [5.41, 5.74) is 1.33. The lowest BCUT2D eigenvalue weighted by molar-refractivity contribution is 0.120. The van der Waals surface area contributed by atoms with Crippen LogP contribution in [0.15, 0.2) is 41.3 Å². The minimum Gasteiger partial charge on any atom is -0.333 e. The van der Waals surface area contributed by atoms with Crippen LogP contribution < -0.4 is 11.0 Å². The van der Waals surface area contributed by atoms with Crippen LogP contribution in [0, 0.1) is 11.6 Å². The van der Waals surface area contributed by atoms with Crippen LogP contribution in [0.3, 0.4) is 0 Å². The van der Waals surface area contributed by atoms with Crippen molar-refractivity contribution in [3.05, 3.63) is 64.2 Å². The number of piperidine rings is 1. The number of likely N-dealkylation sites (tertiary alicyclic amines) is 2. The summed E-state index contributed by atoms with van der Waals surface area (Å²) in [5, 5.41) is 3.12. The number of rotatable bonds is 5. The van der Waals surface area contributed by atoms with Crippen molar-refractivity contribution in [3.63, 3.8) is 0 Å². The van der Waals surface area contributed by atoms with Gasteiger partial charge >= 0.3 is 17.8 Å². The van der Waals surface area contributed by atoms with Crippen LogP contribution in [0.4, 0.5) is 18.4 Å². The van der Waals surface area contributed by atoms with Gasteiger partial charge in [0, 0.05) is 62.5 Å². The summed E-state index contributed by atoms with van der Waals surface area (Å²) >= 11 is 0. The number of aromatic nitrogens is 3. The van der Waals surface area contributed by atoms with Crippen molar-refractivity contribution in [2.45, 2.75) is 83.5 Å². The highest BCUT2D eigenvalue weighted by atomic mass is 19.2. The molecule has 0 aliphatic carbocycles. The van der Waals surface area contributed by atoms with E-state index in [0.717, 1.165) is 11.6 Å². The lowest BCUT2D eigenvalue weighted by Crippen LogP contribution is -2.55. The zero-order chi connectivity index (χ0) is 30.8. The first-order valence-electron chi connectivity index (χ1n) is 15.2. The smallest absolute Gasteiger partial charge is 0.327 e. The standard InChI is InChI=1S/C31H41F2N7O3/c1-19(2)39(20(3)4)31(43)38-17-21(24-7-5-8-25(32)27(24)33)10-11-22(18-38)35-29(41)37-15-12-23(13-16-37)40-26-9-6-14-34-28(26)36-30(40)42/h5-9,14,19-23H,10-13,15-18H2,1-4H3,(H,35,41)(H,34,36,42)/t21-,22-/m1/s1. The average Bonchev–Trinajstić information content (AvgIpc) is 3.16. The summed E-state index contributed by atoms with van der Waals surface area (Å²) in [5.74, 6) is -2.22. The minimum atomic E-state index is -0.912. The Labute approximate surface area is 250 Å². The van der Waals surface area contributed by atoms with E-state index < -0.39 is 17.6 Å². The van der Waals surface area contributed by atoms with E-state index in [9.17, 15) is 23.2 Å². The van der Waals surface area contributed by atoms with E-state index in [2.05, 4.69) is 15.3 Å². The molecule has 10 nitrogen and oxygen atoms in total. The number of amides is 4. The Morgan fingerprint density at radius 3 is 2.40 bits per heavy atom. The molecule has 0 radical (unpaired) electrons. The fraction of sp³-hybridized carbons (Fsp3) is 0.548. The van der Waals surface area contributed by atoms with Gasteiger partial charge in [-0.1, -0.05) is 12.1 Å². The summed E-state index contributed by atoms with van der Waals surface area (Å²) in [6.45, 7) is 9.22. The van der Waals surface area contributed by atoms with E-state index in [1.807, 2.05) is 33.8 Å². The van der Waals surface area contributed by atoms with Crippen LogP contribution in [-0.4, -0.2) is 85.6 Å². The molecule has 232 valence electrons. The molecule has 43 heavy (non-hydrogen) atoms. The Hall–Kier alpha value is -3.96. The predicted octanol–water partition coefficient (Wildman–Crippen LogP) is 4.84. The molecule has 4 amide bonds. The molecule has 3 aromatic rings. The van der Waals surface area contributed by atoms with E-state index in [1.165, 1.54) is 6.07 Å². The number of H-pyrrole nitrogens is 1. The van der Waals surface area contributed by atoms with Crippen molar-refractivity contribution in [1.82, 2.24) is 34.6 Å². The maximum Gasteiger partial charge on any atom is 0.327 e. The van der Waals surface area contributed by atoms with Gasteiger partial charge in [-0.15, -0.1) is 0 Å². The van der Waals surface area contributed by atoms with Crippen LogP contribution in [-0.2, 0) is 0 Å². The predicted molar refractivity (Wildman–Crippen MR) is 160 cm³/mol. The van der Waals surface area contributed by atoms with Gasteiger partial charge in [0.05, 0.1) is 5.52 Å². The molecular weight excluding hydrogens is 556 g/mol. The number of nitrogens with one attached hydrogen (secondary N) is 2. The molecular formula is C31H41F2N7O3. The SMILES string of the molecule is CC(C)N(C(=O)N1C[C@H](NC(=O)N2CCC(n3c(=O)[nH]c4ncccc43)CC2)CC[C@@H](c2cccc(F)c2F)C1)C(C)C. The van der Waals surface area contributed by atoms with Crippen molar-refractivity contribution in [2.24, 2.45) is 0 Å². The minimum absolute atomic E-state index is 0.0551. The van der Waals surface area contributed by atoms with Gasteiger partial charge in [-0.25, -0.2) is 28.1 Å². The number of benzene rings is 1. The number of hydrogen-bond donors (Lipinski definition) is 2. The Bertz CT molecular complexity index is 1500. The second-order valence-electron chi connectivity index (χ2n) is 12.2. The molecule has 4 heterocycles. The fourth-order valence-corrected chi connectivity index (χ4v) is 6.67. The molecule has 5 rings (SSSR count). The van der Waals surface area contributed by atoms with Gasteiger partial charge in [0.2, 0.25) is 0 Å². The molecule has 2 aromatic heterocycles. The monoisotopic (exact) mass is 597 g/mol. The van der Waals surface area contributed by atoms with Crippen molar-refractivity contribution >= 4 is 23.2 Å². The number of nitrogens with zero attached hydrogens (tertiary/aromatic N) is 5. The number of pyridine rings is 1. The molecule has 0 unspecified atom stereocenters. The van der Waals surface area contributed by atoms with E-state index in [1.54, 1.807) is 37.6 Å². The number of urea groups is 2. The third-order valence-corrected chi connectivity index (χ3v) is 8.71. The number of carbonyl (C=O) groups excluding carboxylic acids is 2. The van der Waals surface area contributed by atoms with Crippen LogP contribution in [0.25, 0.3) is 11.2 Å². The molecule has 2 atom stereocenters. The second kappa shape index (κ2) is 12.7. The van der Waals surface area contributed by atoms with Crippen molar-refractivity contribution in [2.75, 3.05) is 26.2 Å². The zero-order valence-electron chi connectivity index (χ0n) is 25.2. The number of fused-ring (bicyclic) bond motifs is 1. The van der Waals surface area contributed by atoms with E-state index in [4.69, 9.17) is 0 Å². The molecule has 12 heteroatoms. The highest BCUT2D eigenvalue weighted by Gasteiger charge is 2.35. The zero-order valence-corrected chi connectivity index (χ0v) is 25.2. The lowest BCUT2D eigenvalue weighted by atomic mass is 9.93. The largest absolute Gasteiger partial charge is 0.333 e. The van der Waals surface area contributed by atoms with Crippen molar-refractivity contribution < 1.29 is 18.4 Å². The van der Waals surface area contributed by atoms with Crippen LogP contribution in [0.5, 0.6) is 0 Å². The van der Waals surface area contributed by atoms with Crippen LogP contribution in [0.2, 0.25) is 0 Å². The Morgan fingerprint density at radius 1 is 0.977 bits per heavy atom. The van der Waals surface area contributed by atoms with Gasteiger partial charge in [0.15, 0.2) is 17.3 Å². The lowest BCUT2D eigenvalue weighted by Gasteiger charge is -2.38. The highest BCUT2D eigenvalue weighted by Crippen LogP contribution is 2.31. The highest BCUT2D eigenvalue weighted by molar-refractivity contribution is 5.77. The molecule has 2 N–H and O–H groups in total. The molecule has 2 aliphatic heterocycles. The summed E-state index contributed by atoms with van der Waals surface area (Å²) < 4.78 is 30.7. The first-order chi connectivity index (χ1) is 20.5. The second-order valence-corrected chi connectivity index (χ2v) is 12.2. The Balaban J connectivity index is 1.29. The number of imidazole rings is 1. The summed E-state index contributed by atoms with van der Waals surface area (Å²) in [6, 6.07) is 6.86. The van der Waals surface area contributed by atoms with E-state index in [-0.39, 0.29) is 60.6 Å². The molecule has 0 bridgehead atoms. The summed E-state index contributed by atoms with van der Waals surface area (Å²) in [7, 11) is 0. The normalized spacial score (nSPS) is 20.1. The molecule has 1 aromatic carbocycles. The van der Waals surface area contributed by atoms with Gasteiger partial charge in [0.25, 0.3) is 0 Å². The topological polar surface area (TPSA) is 107 Å². The number of aromatic amines is 1. The number of carbonyl (C=O) groups is 2. The number of halogens is 2. The fourth-order valence-electron chi connectivity index (χ4n) is 6.67. The summed E-state index contributed by atoms with van der Waals surface area (Å²) in [6.07, 6.45) is 3.86. The third kappa shape index (κ3) is 6.37. The quantitative estimate of drug-likeness (QED) is 0.439. The van der Waals surface area contributed by atoms with E-state index in [0.29, 0.717) is 44.4 Å². The van der Waals surface area contributed by atoms with Gasteiger partial charge in [-0.2, -0.15) is 0 Å². The Kier molecular flexibility index (Phi) is 9.03. The van der Waals surface area contributed by atoms with Gasteiger partial charge in [-0.3, -0.25) is 9.55 Å². The van der Waals surface area contributed by atoms with Crippen LogP contribution in [0.1, 0.15) is 70.9 Å². The van der Waals surface area contributed by atoms with Crippen molar-refractivity contribution in [1.29, 1.82) is 0 Å². The molecule has 2 saturated heterocycles. The summed E-state index contributed by atoms with van der Waals surface area (Å²) in [4.78, 5) is 52.1. The molecule has 2 fully saturated rings. The third-order valence-electron chi connectivity index (χ3n) is 8.71. The average molecular weight is 598 g/mol. The van der Waals surface area contributed by atoms with Crippen LogP contribution >= 0.6 is 0 Å². The Morgan fingerprint density at radius 2 is 1.70 bits per heavy atom. The first-order valence-corrected chi connectivity index (χ1v) is 15.2. The van der Waals surface area contributed by atoms with E-state index >= 15 is 0 Å². The molecule has 2 aliphatic rings. The number of hydrogen-bond acceptors (Lipinski definition) is 4. The molecule has 0 spiro atoms.